The van der Waals surface area contributed by atoms with Gasteiger partial charge >= 0.3 is 11.8 Å². The zero-order valence-corrected chi connectivity index (χ0v) is 15.4. The van der Waals surface area contributed by atoms with Crippen molar-refractivity contribution in [1.29, 1.82) is 0 Å². The Bertz CT molecular complexity index is 695. The lowest BCUT2D eigenvalue weighted by atomic mass is 10.1. The van der Waals surface area contributed by atoms with E-state index in [1.807, 2.05) is 0 Å². The molecule has 1 aromatic rings. The smallest absolute Gasteiger partial charge is 0.309 e. The molecule has 0 aliphatic rings. The average molecular weight is 367 g/mol. The largest absolute Gasteiger partial charge is 0.348 e. The summed E-state index contributed by atoms with van der Waals surface area (Å²) < 4.78 is 26.2. The molecule has 0 fully saturated rings. The van der Waals surface area contributed by atoms with Crippen molar-refractivity contribution in [3.63, 3.8) is 0 Å². The fraction of sp³-hybridized carbons (Fsp3) is 0.412. The summed E-state index contributed by atoms with van der Waals surface area (Å²) in [7, 11) is -3.47. The third kappa shape index (κ3) is 5.99. The van der Waals surface area contributed by atoms with Gasteiger partial charge in [0.15, 0.2) is 0 Å². The van der Waals surface area contributed by atoms with Crippen LogP contribution in [0.3, 0.4) is 0 Å². The second kappa shape index (κ2) is 9.95. The van der Waals surface area contributed by atoms with Crippen LogP contribution in [0, 0.1) is 0 Å². The normalized spacial score (nSPS) is 11.2. The number of carbonyl (C=O) groups excluding carboxylic acids is 2. The standard InChI is InChI=1S/C17H25N3O4S/c1-4-12-18-16(21)17(22)19-13-11-14-7-9-15(10-8-14)25(23,24)20(5-2)6-3/h4,7-10H,1,5-6,11-13H2,2-3H3,(H,18,21)(H,19,22). The molecule has 7 nitrogen and oxygen atoms in total. The van der Waals surface area contributed by atoms with Crippen molar-refractivity contribution in [2.75, 3.05) is 26.2 Å². The maximum atomic E-state index is 12.4. The molecule has 1 rings (SSSR count). The summed E-state index contributed by atoms with van der Waals surface area (Å²) >= 11 is 0. The number of hydrogen-bond acceptors (Lipinski definition) is 4. The van der Waals surface area contributed by atoms with Crippen LogP contribution >= 0.6 is 0 Å². The van der Waals surface area contributed by atoms with Crippen LogP contribution in [0.15, 0.2) is 41.8 Å². The lowest BCUT2D eigenvalue weighted by molar-refractivity contribution is -0.139. The molecule has 0 bridgehead atoms. The minimum absolute atomic E-state index is 0.231. The number of sulfonamides is 1. The lowest BCUT2D eigenvalue weighted by Gasteiger charge is -2.18. The highest BCUT2D eigenvalue weighted by Crippen LogP contribution is 2.16. The number of nitrogens with zero attached hydrogens (tertiary/aromatic N) is 1. The van der Waals surface area contributed by atoms with E-state index in [-0.39, 0.29) is 18.0 Å². The topological polar surface area (TPSA) is 95.6 Å². The highest BCUT2D eigenvalue weighted by Gasteiger charge is 2.21. The number of benzene rings is 1. The van der Waals surface area contributed by atoms with E-state index in [4.69, 9.17) is 0 Å². The van der Waals surface area contributed by atoms with Gasteiger partial charge < -0.3 is 10.6 Å². The minimum atomic E-state index is -3.47. The van der Waals surface area contributed by atoms with E-state index in [2.05, 4.69) is 17.2 Å². The van der Waals surface area contributed by atoms with Gasteiger partial charge in [-0.05, 0) is 24.1 Å². The Hall–Kier alpha value is -2.19. The number of carbonyl (C=O) groups is 2. The van der Waals surface area contributed by atoms with E-state index in [0.717, 1.165) is 5.56 Å². The molecule has 0 unspecified atom stereocenters. The second-order valence-electron chi connectivity index (χ2n) is 5.24. The Kier molecular flexibility index (Phi) is 8.30. The van der Waals surface area contributed by atoms with Crippen molar-refractivity contribution in [2.45, 2.75) is 25.2 Å². The van der Waals surface area contributed by atoms with Crippen LogP contribution in [0.1, 0.15) is 19.4 Å². The molecule has 8 heteroatoms. The predicted molar refractivity (Wildman–Crippen MR) is 96.5 cm³/mol. The lowest BCUT2D eigenvalue weighted by Crippen LogP contribution is -2.40. The molecule has 138 valence electrons. The van der Waals surface area contributed by atoms with E-state index in [9.17, 15) is 18.0 Å². The molecule has 2 N–H and O–H groups in total. The maximum absolute atomic E-state index is 12.4. The number of nitrogens with one attached hydrogen (secondary N) is 2. The Labute approximate surface area is 149 Å². The van der Waals surface area contributed by atoms with E-state index in [1.54, 1.807) is 38.1 Å². The number of hydrogen-bond donors (Lipinski definition) is 2. The minimum Gasteiger partial charge on any atom is -0.348 e. The molecule has 0 aliphatic carbocycles. The van der Waals surface area contributed by atoms with Gasteiger partial charge in [0.1, 0.15) is 0 Å². The molecular formula is C17H25N3O4S. The van der Waals surface area contributed by atoms with Crippen LogP contribution in [0.2, 0.25) is 0 Å². The maximum Gasteiger partial charge on any atom is 0.309 e. The van der Waals surface area contributed by atoms with Crippen molar-refractivity contribution in [3.8, 4) is 0 Å². The molecule has 0 aromatic heterocycles. The summed E-state index contributed by atoms with van der Waals surface area (Å²) in [6.45, 7) is 8.38. The van der Waals surface area contributed by atoms with Crippen molar-refractivity contribution in [3.05, 3.63) is 42.5 Å². The Morgan fingerprint density at radius 1 is 1.08 bits per heavy atom. The molecule has 0 radical (unpaired) electrons. The fourth-order valence-corrected chi connectivity index (χ4v) is 3.64. The summed E-state index contributed by atoms with van der Waals surface area (Å²) in [4.78, 5) is 23.1. The highest BCUT2D eigenvalue weighted by atomic mass is 32.2. The van der Waals surface area contributed by atoms with Crippen LogP contribution in [0.25, 0.3) is 0 Å². The third-order valence-corrected chi connectivity index (χ3v) is 5.64. The monoisotopic (exact) mass is 367 g/mol. The summed E-state index contributed by atoms with van der Waals surface area (Å²) in [6.07, 6.45) is 1.98. The SMILES string of the molecule is C=CCNC(=O)C(=O)NCCc1ccc(S(=O)(=O)N(CC)CC)cc1. The highest BCUT2D eigenvalue weighted by molar-refractivity contribution is 7.89. The summed E-state index contributed by atoms with van der Waals surface area (Å²) in [6, 6.07) is 6.53. The predicted octanol–water partition coefficient (Wildman–Crippen LogP) is 0.678. The van der Waals surface area contributed by atoms with Crippen LogP contribution in [0.5, 0.6) is 0 Å². The van der Waals surface area contributed by atoms with Crippen LogP contribution in [-0.2, 0) is 26.0 Å². The van der Waals surface area contributed by atoms with Crippen molar-refractivity contribution >= 4 is 21.8 Å². The molecule has 0 saturated carbocycles. The van der Waals surface area contributed by atoms with E-state index in [0.29, 0.717) is 19.5 Å². The molecular weight excluding hydrogens is 342 g/mol. The van der Waals surface area contributed by atoms with Gasteiger partial charge in [0.2, 0.25) is 10.0 Å². The molecule has 0 saturated heterocycles. The molecule has 0 spiro atoms. The quantitative estimate of drug-likeness (QED) is 0.495. The summed E-state index contributed by atoms with van der Waals surface area (Å²) in [5.74, 6) is -1.41. The average Bonchev–Trinajstić information content (AvgIpc) is 2.60. The second-order valence-corrected chi connectivity index (χ2v) is 7.18. The fourth-order valence-electron chi connectivity index (χ4n) is 2.19. The van der Waals surface area contributed by atoms with Crippen molar-refractivity contribution < 1.29 is 18.0 Å². The first kappa shape index (κ1) is 20.9. The Morgan fingerprint density at radius 2 is 1.64 bits per heavy atom. The molecule has 1 aromatic carbocycles. The van der Waals surface area contributed by atoms with Gasteiger partial charge in [0.25, 0.3) is 0 Å². The van der Waals surface area contributed by atoms with Crippen LogP contribution in [0.4, 0.5) is 0 Å². The van der Waals surface area contributed by atoms with Gasteiger partial charge in [-0.2, -0.15) is 4.31 Å². The summed E-state index contributed by atoms with van der Waals surface area (Å²) in [5, 5.41) is 4.90. The molecule has 0 aliphatic heterocycles. The molecule has 0 atom stereocenters. The third-order valence-electron chi connectivity index (χ3n) is 3.58. The number of amides is 2. The zero-order valence-electron chi connectivity index (χ0n) is 14.6. The summed E-state index contributed by atoms with van der Waals surface area (Å²) in [5.41, 5.74) is 0.866. The first-order valence-electron chi connectivity index (χ1n) is 8.12. The zero-order chi connectivity index (χ0) is 18.9. The molecule has 25 heavy (non-hydrogen) atoms. The van der Waals surface area contributed by atoms with E-state index < -0.39 is 21.8 Å². The van der Waals surface area contributed by atoms with Crippen LogP contribution in [-0.4, -0.2) is 50.7 Å². The van der Waals surface area contributed by atoms with Gasteiger partial charge in [-0.1, -0.05) is 32.1 Å². The molecule has 2 amide bonds. The van der Waals surface area contributed by atoms with E-state index in [1.165, 1.54) is 10.4 Å². The first-order valence-corrected chi connectivity index (χ1v) is 9.56. The molecule has 0 heterocycles. The van der Waals surface area contributed by atoms with Gasteiger partial charge in [-0.3, -0.25) is 9.59 Å². The number of rotatable bonds is 9. The van der Waals surface area contributed by atoms with Gasteiger partial charge in [-0.15, -0.1) is 6.58 Å². The van der Waals surface area contributed by atoms with Gasteiger partial charge in [0.05, 0.1) is 4.90 Å². The van der Waals surface area contributed by atoms with Gasteiger partial charge in [0, 0.05) is 26.2 Å². The first-order chi connectivity index (χ1) is 11.9. The Balaban J connectivity index is 2.59. The van der Waals surface area contributed by atoms with E-state index >= 15 is 0 Å². The van der Waals surface area contributed by atoms with Crippen LogP contribution < -0.4 is 10.6 Å². The van der Waals surface area contributed by atoms with Crippen molar-refractivity contribution in [2.24, 2.45) is 0 Å². The van der Waals surface area contributed by atoms with Crippen molar-refractivity contribution in [1.82, 2.24) is 14.9 Å². The Morgan fingerprint density at radius 3 is 2.16 bits per heavy atom. The van der Waals surface area contributed by atoms with Gasteiger partial charge in [-0.25, -0.2) is 8.42 Å².